The number of anilines is 1. The van der Waals surface area contributed by atoms with Crippen molar-refractivity contribution in [2.75, 3.05) is 31.5 Å². The van der Waals surface area contributed by atoms with Crippen LogP contribution in [0.4, 0.5) is 10.5 Å². The average molecular weight is 565 g/mol. The van der Waals surface area contributed by atoms with Gasteiger partial charge in [0.15, 0.2) is 5.60 Å². The Labute approximate surface area is 235 Å². The zero-order valence-corrected chi connectivity index (χ0v) is 22.5. The quantitative estimate of drug-likeness (QED) is 0.486. The van der Waals surface area contributed by atoms with Gasteiger partial charge in [0, 0.05) is 41.2 Å². The number of nitrogens with two attached hydrogens (primary N) is 1. The molecule has 11 nitrogen and oxygen atoms in total. The lowest BCUT2D eigenvalue weighted by atomic mass is 9.83. The molecule has 2 aromatic carbocycles. The number of nitrogens with one attached hydrogen (secondary N) is 1. The van der Waals surface area contributed by atoms with Gasteiger partial charge in [-0.2, -0.15) is 5.10 Å². The Balaban J connectivity index is 1.37. The number of hydrogen-bond donors (Lipinski definition) is 2. The second kappa shape index (κ2) is 10.1. The highest BCUT2D eigenvalue weighted by Crippen LogP contribution is 2.44. The number of nitrogens with zero attached hydrogens (tertiary/aromatic N) is 4. The van der Waals surface area contributed by atoms with Crippen LogP contribution in [0.5, 0.6) is 0 Å². The number of aromatic nitrogens is 2. The van der Waals surface area contributed by atoms with Gasteiger partial charge < -0.3 is 20.3 Å². The molecule has 0 bridgehead atoms. The predicted molar refractivity (Wildman–Crippen MR) is 147 cm³/mol. The molecule has 6 rings (SSSR count). The molecule has 0 radical (unpaired) electrons. The zero-order valence-electron chi connectivity index (χ0n) is 21.8. The van der Waals surface area contributed by atoms with Crippen LogP contribution >= 0.6 is 11.6 Å². The van der Waals surface area contributed by atoms with Gasteiger partial charge in [0.1, 0.15) is 6.04 Å². The molecule has 0 aliphatic carbocycles. The van der Waals surface area contributed by atoms with E-state index in [2.05, 4.69) is 10.4 Å². The number of piperidine rings is 1. The first-order valence-corrected chi connectivity index (χ1v) is 13.8. The number of amides is 4. The fourth-order valence-electron chi connectivity index (χ4n) is 6.07. The molecular weight excluding hydrogens is 536 g/mol. The number of carbonyl (C=O) groups is 4. The molecule has 3 aliphatic rings. The summed E-state index contributed by atoms with van der Waals surface area (Å²) in [7, 11) is 0. The van der Waals surface area contributed by atoms with Crippen molar-refractivity contribution in [3.8, 4) is 0 Å². The molecular formula is C28H29ClN6O5. The van der Waals surface area contributed by atoms with Gasteiger partial charge in [-0.25, -0.2) is 4.79 Å². The highest BCUT2D eigenvalue weighted by atomic mass is 35.5. The molecule has 2 fully saturated rings. The minimum Gasteiger partial charge on any atom is -0.436 e. The number of primary amides is 1. The van der Waals surface area contributed by atoms with Gasteiger partial charge in [0.2, 0.25) is 17.7 Å². The summed E-state index contributed by atoms with van der Waals surface area (Å²) in [5.41, 5.74) is 6.54. The highest BCUT2D eigenvalue weighted by molar-refractivity contribution is 6.30. The number of ether oxygens (including phenoxy) is 1. The zero-order chi connectivity index (χ0) is 28.0. The van der Waals surface area contributed by atoms with Crippen molar-refractivity contribution in [2.24, 2.45) is 5.73 Å². The molecule has 4 amide bonds. The number of likely N-dealkylation sites (tertiary alicyclic amines) is 2. The minimum absolute atomic E-state index is 0.0936. The van der Waals surface area contributed by atoms with Crippen LogP contribution in [-0.2, 0) is 19.9 Å². The molecule has 3 N–H and O–H groups in total. The summed E-state index contributed by atoms with van der Waals surface area (Å²) in [5, 5.41) is 8.40. The third-order valence-corrected chi connectivity index (χ3v) is 8.29. The van der Waals surface area contributed by atoms with E-state index in [0.29, 0.717) is 59.7 Å². The highest BCUT2D eigenvalue weighted by Gasteiger charge is 2.47. The van der Waals surface area contributed by atoms with Crippen molar-refractivity contribution in [1.29, 1.82) is 0 Å². The van der Waals surface area contributed by atoms with Gasteiger partial charge in [0.25, 0.3) is 0 Å². The first-order valence-electron chi connectivity index (χ1n) is 13.4. The van der Waals surface area contributed by atoms with Crippen LogP contribution in [-0.4, -0.2) is 69.6 Å². The van der Waals surface area contributed by atoms with Gasteiger partial charge in [-0.15, -0.1) is 0 Å². The molecule has 3 aromatic rings. The van der Waals surface area contributed by atoms with Crippen LogP contribution in [0.15, 0.2) is 42.6 Å². The average Bonchev–Trinajstić information content (AvgIpc) is 3.62. The van der Waals surface area contributed by atoms with E-state index in [-0.39, 0.29) is 30.3 Å². The molecule has 2 saturated heterocycles. The molecule has 1 aromatic heterocycles. The number of halogens is 1. The van der Waals surface area contributed by atoms with Crippen molar-refractivity contribution in [3.05, 3.63) is 58.7 Å². The molecule has 1 spiro atoms. The van der Waals surface area contributed by atoms with Gasteiger partial charge in [-0.05, 0) is 56.0 Å². The summed E-state index contributed by atoms with van der Waals surface area (Å²) >= 11 is 6.31. The second-order valence-corrected chi connectivity index (χ2v) is 11.0. The number of hydrogen-bond acceptors (Lipinski definition) is 6. The lowest BCUT2D eigenvalue weighted by molar-refractivity contribution is -0.146. The fraction of sp³-hybridized carbons (Fsp3) is 0.393. The molecule has 2 atom stereocenters. The SMILES string of the molecule is NC(=O)c1ccc2cnn([C@@H](CC(=O)N3CCCC3)C(=O)N3CCC[C@@]4(C3)OC(=O)Nc3ccc(Cl)cc34)c2c1. The number of rotatable bonds is 5. The van der Waals surface area contributed by atoms with E-state index < -0.39 is 23.6 Å². The lowest BCUT2D eigenvalue weighted by Gasteiger charge is -2.45. The first kappa shape index (κ1) is 26.1. The van der Waals surface area contributed by atoms with Gasteiger partial charge in [-0.1, -0.05) is 17.7 Å². The van der Waals surface area contributed by atoms with Crippen LogP contribution in [0.2, 0.25) is 5.02 Å². The smallest absolute Gasteiger partial charge is 0.412 e. The molecule has 4 heterocycles. The third-order valence-electron chi connectivity index (χ3n) is 8.05. The van der Waals surface area contributed by atoms with E-state index in [1.54, 1.807) is 52.4 Å². The van der Waals surface area contributed by atoms with Crippen LogP contribution < -0.4 is 11.1 Å². The fourth-order valence-corrected chi connectivity index (χ4v) is 6.25. The van der Waals surface area contributed by atoms with E-state index in [1.165, 1.54) is 4.68 Å². The molecule has 40 heavy (non-hydrogen) atoms. The van der Waals surface area contributed by atoms with E-state index in [9.17, 15) is 19.2 Å². The molecule has 12 heteroatoms. The summed E-state index contributed by atoms with van der Waals surface area (Å²) in [6.45, 7) is 1.83. The second-order valence-electron chi connectivity index (χ2n) is 10.6. The van der Waals surface area contributed by atoms with Crippen LogP contribution in [0.1, 0.15) is 54.1 Å². The van der Waals surface area contributed by atoms with Gasteiger partial charge in [-0.3, -0.25) is 24.4 Å². The largest absolute Gasteiger partial charge is 0.436 e. The van der Waals surface area contributed by atoms with Crippen molar-refractivity contribution in [1.82, 2.24) is 19.6 Å². The Hall–Kier alpha value is -4.12. The Bertz CT molecular complexity index is 1530. The monoisotopic (exact) mass is 564 g/mol. The predicted octanol–water partition coefficient (Wildman–Crippen LogP) is 3.42. The number of carbonyl (C=O) groups excluding carboxylic acids is 4. The van der Waals surface area contributed by atoms with Crippen molar-refractivity contribution in [3.63, 3.8) is 0 Å². The van der Waals surface area contributed by atoms with E-state index in [0.717, 1.165) is 12.8 Å². The summed E-state index contributed by atoms with van der Waals surface area (Å²) in [6, 6.07) is 9.11. The lowest BCUT2D eigenvalue weighted by Crippen LogP contribution is -2.54. The summed E-state index contributed by atoms with van der Waals surface area (Å²) in [4.78, 5) is 55.5. The Morgan fingerprint density at radius 2 is 1.85 bits per heavy atom. The topological polar surface area (TPSA) is 140 Å². The van der Waals surface area contributed by atoms with E-state index in [4.69, 9.17) is 22.1 Å². The van der Waals surface area contributed by atoms with Crippen molar-refractivity contribution in [2.45, 2.75) is 43.7 Å². The Kier molecular flexibility index (Phi) is 6.61. The molecule has 0 unspecified atom stereocenters. The molecule has 208 valence electrons. The van der Waals surface area contributed by atoms with E-state index >= 15 is 0 Å². The first-order chi connectivity index (χ1) is 19.2. The van der Waals surface area contributed by atoms with Crippen LogP contribution in [0, 0.1) is 0 Å². The Morgan fingerprint density at radius 1 is 1.07 bits per heavy atom. The normalized spacial score (nSPS) is 21.2. The van der Waals surface area contributed by atoms with E-state index in [1.807, 2.05) is 0 Å². The maximum atomic E-state index is 14.3. The van der Waals surface area contributed by atoms with Gasteiger partial charge >= 0.3 is 6.09 Å². The summed E-state index contributed by atoms with van der Waals surface area (Å²) in [6.07, 6.45) is 3.85. The number of benzene rings is 2. The maximum absolute atomic E-state index is 14.3. The Morgan fingerprint density at radius 3 is 2.62 bits per heavy atom. The maximum Gasteiger partial charge on any atom is 0.412 e. The summed E-state index contributed by atoms with van der Waals surface area (Å²) < 4.78 is 7.38. The van der Waals surface area contributed by atoms with Crippen LogP contribution in [0.3, 0.4) is 0 Å². The van der Waals surface area contributed by atoms with Crippen molar-refractivity contribution < 1.29 is 23.9 Å². The third kappa shape index (κ3) is 4.64. The number of fused-ring (bicyclic) bond motifs is 3. The molecule has 3 aliphatic heterocycles. The van der Waals surface area contributed by atoms with Crippen LogP contribution in [0.25, 0.3) is 10.9 Å². The summed E-state index contributed by atoms with van der Waals surface area (Å²) in [5.74, 6) is -1.06. The standard InChI is InChI=1S/C28H29ClN6O5/c29-19-6-7-21-20(13-19)28(40-27(39)32-21)8-3-11-34(16-28)26(38)23(14-24(36)33-9-1-2-10-33)35-22-12-17(25(30)37)4-5-18(22)15-31-35/h4-7,12-13,15,23H,1-3,8-11,14,16H2,(H2,30,37)(H,32,39)/t23-,28-/m0/s1. The molecule has 0 saturated carbocycles. The minimum atomic E-state index is -1.08. The van der Waals surface area contributed by atoms with Gasteiger partial charge in [0.05, 0.1) is 30.4 Å². The van der Waals surface area contributed by atoms with Crippen molar-refractivity contribution >= 4 is 52.0 Å².